The Hall–Kier alpha value is -2.61. The standard InChI is InChI=1S/C17H21N5O3/c23-16(20-12-2-3-12)14-10-18-7-9-22(14)17(24)15-5-4-13(25-15)11-21-8-1-6-19-21/h1,4-6,8,12,14,18H,2-3,7,9-11H2,(H,20,23)/t14-/m0/s1. The highest BCUT2D eigenvalue weighted by Gasteiger charge is 2.36. The monoisotopic (exact) mass is 343 g/mol. The van der Waals surface area contributed by atoms with Crippen molar-refractivity contribution in [2.75, 3.05) is 19.6 Å². The Kier molecular flexibility index (Phi) is 4.27. The second-order valence-corrected chi connectivity index (χ2v) is 6.47. The Morgan fingerprint density at radius 1 is 1.36 bits per heavy atom. The Balaban J connectivity index is 1.46. The lowest BCUT2D eigenvalue weighted by atomic mass is 10.1. The van der Waals surface area contributed by atoms with E-state index in [4.69, 9.17) is 4.42 Å². The molecule has 2 amide bonds. The molecule has 132 valence electrons. The van der Waals surface area contributed by atoms with Crippen LogP contribution in [0.25, 0.3) is 0 Å². The Morgan fingerprint density at radius 2 is 2.24 bits per heavy atom. The van der Waals surface area contributed by atoms with Crippen molar-refractivity contribution < 1.29 is 14.0 Å². The van der Waals surface area contributed by atoms with Crippen LogP contribution in [0.4, 0.5) is 0 Å². The highest BCUT2D eigenvalue weighted by atomic mass is 16.4. The third kappa shape index (κ3) is 3.58. The van der Waals surface area contributed by atoms with E-state index in [9.17, 15) is 9.59 Å². The molecular weight excluding hydrogens is 322 g/mol. The van der Waals surface area contributed by atoms with Crippen LogP contribution in [0.2, 0.25) is 0 Å². The maximum absolute atomic E-state index is 12.8. The van der Waals surface area contributed by atoms with E-state index in [0.29, 0.717) is 31.9 Å². The Labute approximate surface area is 145 Å². The van der Waals surface area contributed by atoms with Crippen LogP contribution in [-0.2, 0) is 11.3 Å². The normalized spacial score (nSPS) is 20.5. The van der Waals surface area contributed by atoms with E-state index in [0.717, 1.165) is 12.8 Å². The number of hydrogen-bond donors (Lipinski definition) is 2. The molecule has 8 heteroatoms. The van der Waals surface area contributed by atoms with Gasteiger partial charge in [0.15, 0.2) is 5.76 Å². The summed E-state index contributed by atoms with van der Waals surface area (Å²) in [5.74, 6) is 0.574. The van der Waals surface area contributed by atoms with Crippen LogP contribution in [-0.4, -0.2) is 58.2 Å². The van der Waals surface area contributed by atoms with Crippen molar-refractivity contribution in [3.63, 3.8) is 0 Å². The molecule has 2 fully saturated rings. The molecule has 2 aliphatic rings. The van der Waals surface area contributed by atoms with E-state index in [1.54, 1.807) is 27.9 Å². The first-order valence-corrected chi connectivity index (χ1v) is 8.59. The molecule has 0 radical (unpaired) electrons. The van der Waals surface area contributed by atoms with Crippen molar-refractivity contribution in [1.29, 1.82) is 0 Å². The van der Waals surface area contributed by atoms with Crippen LogP contribution in [0.1, 0.15) is 29.2 Å². The van der Waals surface area contributed by atoms with Crippen molar-refractivity contribution in [3.05, 3.63) is 42.1 Å². The largest absolute Gasteiger partial charge is 0.454 e. The van der Waals surface area contributed by atoms with E-state index in [1.807, 2.05) is 12.3 Å². The molecule has 2 N–H and O–H groups in total. The smallest absolute Gasteiger partial charge is 0.290 e. The van der Waals surface area contributed by atoms with Gasteiger partial charge in [-0.3, -0.25) is 14.3 Å². The third-order valence-electron chi connectivity index (χ3n) is 4.48. The lowest BCUT2D eigenvalue weighted by Gasteiger charge is -2.34. The van der Waals surface area contributed by atoms with Gasteiger partial charge >= 0.3 is 0 Å². The second-order valence-electron chi connectivity index (χ2n) is 6.47. The first-order chi connectivity index (χ1) is 12.2. The number of piperazine rings is 1. The molecular formula is C17H21N5O3. The molecule has 0 aromatic carbocycles. The van der Waals surface area contributed by atoms with E-state index < -0.39 is 6.04 Å². The number of nitrogens with one attached hydrogen (secondary N) is 2. The minimum absolute atomic E-state index is 0.0913. The van der Waals surface area contributed by atoms with Gasteiger partial charge in [0, 0.05) is 38.1 Å². The predicted molar refractivity (Wildman–Crippen MR) is 88.9 cm³/mol. The number of hydrogen-bond acceptors (Lipinski definition) is 5. The Morgan fingerprint density at radius 3 is 3.00 bits per heavy atom. The summed E-state index contributed by atoms with van der Waals surface area (Å²) in [5.41, 5.74) is 0. The summed E-state index contributed by atoms with van der Waals surface area (Å²) in [4.78, 5) is 26.9. The summed E-state index contributed by atoms with van der Waals surface area (Å²) in [5, 5.41) is 10.3. The first-order valence-electron chi connectivity index (χ1n) is 8.59. The summed E-state index contributed by atoms with van der Waals surface area (Å²) >= 11 is 0. The van der Waals surface area contributed by atoms with Crippen molar-refractivity contribution >= 4 is 11.8 Å². The van der Waals surface area contributed by atoms with Gasteiger partial charge in [-0.15, -0.1) is 0 Å². The van der Waals surface area contributed by atoms with Gasteiger partial charge in [-0.25, -0.2) is 0 Å². The minimum atomic E-state index is -0.499. The minimum Gasteiger partial charge on any atom is -0.454 e. The van der Waals surface area contributed by atoms with Crippen LogP contribution in [0.5, 0.6) is 0 Å². The molecule has 1 atom stereocenters. The van der Waals surface area contributed by atoms with Crippen LogP contribution in [0.15, 0.2) is 35.0 Å². The van der Waals surface area contributed by atoms with E-state index in [-0.39, 0.29) is 23.6 Å². The fourth-order valence-electron chi connectivity index (χ4n) is 2.98. The zero-order valence-corrected chi connectivity index (χ0v) is 13.9. The van der Waals surface area contributed by atoms with Gasteiger partial charge in [0.1, 0.15) is 11.8 Å². The molecule has 25 heavy (non-hydrogen) atoms. The fourth-order valence-corrected chi connectivity index (χ4v) is 2.98. The molecule has 0 unspecified atom stereocenters. The van der Waals surface area contributed by atoms with Crippen molar-refractivity contribution in [2.24, 2.45) is 0 Å². The average Bonchev–Trinajstić information content (AvgIpc) is 3.10. The maximum atomic E-state index is 12.8. The van der Waals surface area contributed by atoms with Crippen molar-refractivity contribution in [1.82, 2.24) is 25.3 Å². The number of nitrogens with zero attached hydrogens (tertiary/aromatic N) is 3. The maximum Gasteiger partial charge on any atom is 0.290 e. The Bertz CT molecular complexity index is 750. The molecule has 1 saturated heterocycles. The molecule has 0 spiro atoms. The zero-order valence-electron chi connectivity index (χ0n) is 13.9. The average molecular weight is 343 g/mol. The van der Waals surface area contributed by atoms with Crippen molar-refractivity contribution in [3.8, 4) is 0 Å². The molecule has 2 aromatic heterocycles. The predicted octanol–water partition coefficient (Wildman–Crippen LogP) is 0.217. The van der Waals surface area contributed by atoms with Crippen LogP contribution in [0, 0.1) is 0 Å². The highest BCUT2D eigenvalue weighted by Crippen LogP contribution is 2.20. The molecule has 3 heterocycles. The first kappa shape index (κ1) is 15.9. The highest BCUT2D eigenvalue weighted by molar-refractivity contribution is 5.96. The number of aromatic nitrogens is 2. The quantitative estimate of drug-likeness (QED) is 0.810. The summed E-state index contributed by atoms with van der Waals surface area (Å²) in [6.07, 6.45) is 5.57. The van der Waals surface area contributed by atoms with Gasteiger partial charge in [0.2, 0.25) is 5.91 Å². The third-order valence-corrected chi connectivity index (χ3v) is 4.48. The number of rotatable bonds is 5. The van der Waals surface area contributed by atoms with Gasteiger partial charge in [-0.1, -0.05) is 0 Å². The topological polar surface area (TPSA) is 92.4 Å². The lowest BCUT2D eigenvalue weighted by Crippen LogP contribution is -2.59. The number of carbonyl (C=O) groups excluding carboxylic acids is 2. The van der Waals surface area contributed by atoms with Crippen LogP contribution < -0.4 is 10.6 Å². The van der Waals surface area contributed by atoms with Gasteiger partial charge in [-0.05, 0) is 31.0 Å². The van der Waals surface area contributed by atoms with Crippen LogP contribution in [0.3, 0.4) is 0 Å². The number of carbonyl (C=O) groups is 2. The van der Waals surface area contributed by atoms with Crippen LogP contribution >= 0.6 is 0 Å². The lowest BCUT2D eigenvalue weighted by molar-refractivity contribution is -0.126. The van der Waals surface area contributed by atoms with Crippen molar-refractivity contribution in [2.45, 2.75) is 31.5 Å². The molecule has 8 nitrogen and oxygen atoms in total. The summed E-state index contributed by atoms with van der Waals surface area (Å²) < 4.78 is 7.42. The fraction of sp³-hybridized carbons (Fsp3) is 0.471. The van der Waals surface area contributed by atoms with Gasteiger partial charge in [0.05, 0.1) is 6.54 Å². The zero-order chi connectivity index (χ0) is 17.2. The van der Waals surface area contributed by atoms with Gasteiger partial charge in [-0.2, -0.15) is 5.10 Å². The number of furan rings is 1. The summed E-state index contributed by atoms with van der Waals surface area (Å²) in [7, 11) is 0. The SMILES string of the molecule is O=C(NC1CC1)[C@@H]1CNCCN1C(=O)c1ccc(Cn2cccn2)o1. The summed E-state index contributed by atoms with van der Waals surface area (Å²) in [6.45, 7) is 2.08. The van der Waals surface area contributed by atoms with E-state index >= 15 is 0 Å². The molecule has 4 rings (SSSR count). The summed E-state index contributed by atoms with van der Waals surface area (Å²) in [6, 6.07) is 5.05. The molecule has 1 saturated carbocycles. The van der Waals surface area contributed by atoms with Gasteiger partial charge in [0.25, 0.3) is 5.91 Å². The molecule has 0 bridgehead atoms. The van der Waals surface area contributed by atoms with E-state index in [1.165, 1.54) is 0 Å². The number of amides is 2. The van der Waals surface area contributed by atoms with Gasteiger partial charge < -0.3 is 20.0 Å². The van der Waals surface area contributed by atoms with E-state index in [2.05, 4.69) is 15.7 Å². The second kappa shape index (κ2) is 6.72. The molecule has 1 aliphatic heterocycles. The molecule has 1 aliphatic carbocycles. The molecule has 2 aromatic rings.